The van der Waals surface area contributed by atoms with Crippen molar-refractivity contribution in [1.29, 1.82) is 0 Å². The first-order chi connectivity index (χ1) is 35.1. The molecule has 1 amide bonds. The van der Waals surface area contributed by atoms with Crippen LogP contribution >= 0.6 is 0 Å². The molecule has 5 bridgehead atoms. The molecule has 6 aliphatic rings. The third-order valence-corrected chi connectivity index (χ3v) is 15.1. The van der Waals surface area contributed by atoms with Gasteiger partial charge in [-0.25, -0.2) is 5.84 Å². The number of amides is 1. The number of fused-ring (bicyclic) bond motifs is 13. The van der Waals surface area contributed by atoms with Gasteiger partial charge in [-0.05, 0) is 68.8 Å². The van der Waals surface area contributed by atoms with E-state index in [9.17, 15) is 29.7 Å². The quantitative estimate of drug-likeness (QED) is 0.0465. The Bertz CT molecular complexity index is 2630. The number of ether oxygens (including phenoxy) is 3. The van der Waals surface area contributed by atoms with E-state index in [1.807, 2.05) is 33.8 Å². The van der Waals surface area contributed by atoms with E-state index in [4.69, 9.17) is 40.9 Å². The lowest BCUT2D eigenvalue weighted by molar-refractivity contribution is -0.159. The second-order valence-electron chi connectivity index (χ2n) is 21.6. The number of phenols is 2. The molecule has 2 aromatic carbocycles. The van der Waals surface area contributed by atoms with Crippen LogP contribution in [0.4, 0.5) is 5.69 Å². The lowest BCUT2D eigenvalue weighted by Crippen LogP contribution is -2.43. The number of likely N-dealkylation sites (tertiary alicyclic amines) is 1. The number of hydrazine groups is 1. The molecule has 8 rings (SSSR count). The van der Waals surface area contributed by atoms with Gasteiger partial charge in [0.2, 0.25) is 0 Å². The minimum absolute atomic E-state index is 0.0120. The van der Waals surface area contributed by atoms with Gasteiger partial charge in [0.1, 0.15) is 35.2 Å². The maximum Gasteiger partial charge on any atom is 0.327 e. The first kappa shape index (κ1) is 59.0. The van der Waals surface area contributed by atoms with Crippen LogP contribution in [0.15, 0.2) is 58.0 Å². The zero-order valence-electron chi connectivity index (χ0n) is 45.3. The molecule has 17 heteroatoms. The highest BCUT2D eigenvalue weighted by atomic mass is 16.7. The molecule has 0 aromatic heterocycles. The highest BCUT2D eigenvalue weighted by Gasteiger charge is 2.50. The Morgan fingerprint density at radius 2 is 1.66 bits per heavy atom. The van der Waals surface area contributed by atoms with Crippen molar-refractivity contribution in [1.82, 2.24) is 9.91 Å². The summed E-state index contributed by atoms with van der Waals surface area (Å²) in [5.74, 6) is 1.90. The van der Waals surface area contributed by atoms with Crippen molar-refractivity contribution in [2.45, 2.75) is 150 Å². The first-order valence-corrected chi connectivity index (χ1v) is 26.2. The molecule has 1 spiro atoms. The van der Waals surface area contributed by atoms with Crippen LogP contribution in [-0.4, -0.2) is 105 Å². The Hall–Kier alpha value is -5.93. The molecule has 1 saturated carbocycles. The smallest absolute Gasteiger partial charge is 0.327 e. The van der Waals surface area contributed by atoms with Gasteiger partial charge in [0.15, 0.2) is 11.4 Å². The van der Waals surface area contributed by atoms with Gasteiger partial charge in [0.05, 0.1) is 28.7 Å². The SMILES string of the molecule is C#C.C/C1=C/C=C/C(C)C[C@@H](C)C(O)[C@@H](C)C(OC(=O)CN(N)/C=C(\N)CC2CCCCC2)[C@H](C)C/C=C/OC2(C)Oc3c(C)c(O)c4c(O)c(c5c(c4c3C2=O)=NC2(CCN(CC(C)C)CC2)N=5)NC1=O.CO. The zero-order valence-corrected chi connectivity index (χ0v) is 45.3. The summed E-state index contributed by atoms with van der Waals surface area (Å²) in [5, 5.41) is 47.7. The number of rotatable bonds is 8. The van der Waals surface area contributed by atoms with Crippen LogP contribution in [0.1, 0.15) is 136 Å². The van der Waals surface area contributed by atoms with Crippen molar-refractivity contribution in [3.63, 3.8) is 0 Å². The summed E-state index contributed by atoms with van der Waals surface area (Å²) in [6.45, 7) is 19.0. The van der Waals surface area contributed by atoms with Crippen LogP contribution < -0.4 is 32.3 Å². The number of ketones is 1. The molecule has 4 unspecified atom stereocenters. The Morgan fingerprint density at radius 3 is 2.31 bits per heavy atom. The average Bonchev–Trinajstić information content (AvgIpc) is 3.86. The van der Waals surface area contributed by atoms with Crippen LogP contribution in [0.25, 0.3) is 10.8 Å². The molecule has 406 valence electrons. The third-order valence-electron chi connectivity index (χ3n) is 15.1. The molecular weight excluding hydrogens is 943 g/mol. The highest BCUT2D eigenvalue weighted by molar-refractivity contribution is 6.19. The van der Waals surface area contributed by atoms with Crippen molar-refractivity contribution in [3.05, 3.63) is 69.9 Å². The van der Waals surface area contributed by atoms with Gasteiger partial charge in [-0.15, -0.1) is 12.8 Å². The van der Waals surface area contributed by atoms with E-state index in [1.165, 1.54) is 37.5 Å². The number of nitrogens with zero attached hydrogens (tertiary/aromatic N) is 4. The van der Waals surface area contributed by atoms with E-state index in [-0.39, 0.29) is 74.1 Å². The summed E-state index contributed by atoms with van der Waals surface area (Å²) >= 11 is 0. The van der Waals surface area contributed by atoms with Gasteiger partial charge in [0, 0.05) is 80.8 Å². The maximum atomic E-state index is 14.8. The summed E-state index contributed by atoms with van der Waals surface area (Å²) in [6.07, 6.45) is 25.1. The number of piperidine rings is 1. The minimum Gasteiger partial charge on any atom is -0.507 e. The van der Waals surface area contributed by atoms with Gasteiger partial charge in [0.25, 0.3) is 11.7 Å². The van der Waals surface area contributed by atoms with Crippen molar-refractivity contribution in [2.75, 3.05) is 38.6 Å². The summed E-state index contributed by atoms with van der Waals surface area (Å²) in [7, 11) is 1.00. The topological polar surface area (TPSA) is 255 Å². The van der Waals surface area contributed by atoms with Crippen molar-refractivity contribution >= 4 is 34.1 Å². The molecule has 5 heterocycles. The van der Waals surface area contributed by atoms with Crippen LogP contribution in [0.3, 0.4) is 0 Å². The number of Topliss-reactive ketones (excluding diaryl/α,β-unsaturated/α-hetero) is 1. The molecule has 0 radical (unpaired) electrons. The summed E-state index contributed by atoms with van der Waals surface area (Å²) in [4.78, 5) is 55.2. The van der Waals surface area contributed by atoms with Crippen molar-refractivity contribution in [3.8, 4) is 30.1 Å². The zero-order chi connectivity index (χ0) is 54.8. The average molecular weight is 1030 g/mol. The van der Waals surface area contributed by atoms with Crippen LogP contribution in [0.5, 0.6) is 17.2 Å². The first-order valence-electron chi connectivity index (χ1n) is 26.2. The molecule has 1 saturated heterocycles. The fourth-order valence-corrected chi connectivity index (χ4v) is 11.2. The van der Waals surface area contributed by atoms with E-state index in [0.717, 1.165) is 39.6 Å². The van der Waals surface area contributed by atoms with Gasteiger partial charge in [-0.1, -0.05) is 91.9 Å². The van der Waals surface area contributed by atoms with Gasteiger partial charge in [-0.2, -0.15) is 0 Å². The second kappa shape index (κ2) is 25.5. The molecule has 5 aliphatic heterocycles. The highest BCUT2D eigenvalue weighted by Crippen LogP contribution is 2.50. The van der Waals surface area contributed by atoms with E-state index >= 15 is 0 Å². The van der Waals surface area contributed by atoms with E-state index in [0.29, 0.717) is 55.2 Å². The normalized spacial score (nSPS) is 28.2. The number of nitrogens with two attached hydrogens (primary N) is 2. The number of hydrogen-bond donors (Lipinski definition) is 7. The monoisotopic (exact) mass is 1030 g/mol. The molecule has 17 nitrogen and oxygen atoms in total. The molecule has 1 aliphatic carbocycles. The van der Waals surface area contributed by atoms with Gasteiger partial charge < -0.3 is 55.6 Å². The lowest BCUT2D eigenvalue weighted by atomic mass is 9.80. The third kappa shape index (κ3) is 13.3. The number of carbonyl (C=O) groups excluding carboxylic acids is 3. The Balaban J connectivity index is 0.00000247. The van der Waals surface area contributed by atoms with Gasteiger partial charge >= 0.3 is 11.8 Å². The molecule has 9 N–H and O–H groups in total. The molecule has 2 fully saturated rings. The predicted molar refractivity (Wildman–Crippen MR) is 287 cm³/mol. The van der Waals surface area contributed by atoms with E-state index in [1.54, 1.807) is 38.3 Å². The largest absolute Gasteiger partial charge is 0.507 e. The summed E-state index contributed by atoms with van der Waals surface area (Å²) < 4.78 is 18.7. The van der Waals surface area contributed by atoms with E-state index in [2.05, 4.69) is 36.9 Å². The molecule has 2 aromatic rings. The summed E-state index contributed by atoms with van der Waals surface area (Å²) in [6, 6.07) is 0. The number of carbonyl (C=O) groups is 3. The van der Waals surface area contributed by atoms with Crippen LogP contribution in [-0.2, 0) is 19.1 Å². The number of allylic oxidation sites excluding steroid dienone is 5. The Kier molecular flexibility index (Phi) is 20.3. The molecular formula is C57H83N7O10. The number of hydrogen-bond acceptors (Lipinski definition) is 16. The Morgan fingerprint density at radius 1 is 1.01 bits per heavy atom. The number of aliphatic hydroxyl groups is 2. The Labute approximate surface area is 437 Å². The molecule has 7 atom stereocenters. The number of anilines is 1. The van der Waals surface area contributed by atoms with E-state index < -0.39 is 53.0 Å². The van der Waals surface area contributed by atoms with Gasteiger partial charge in [-0.3, -0.25) is 24.4 Å². The summed E-state index contributed by atoms with van der Waals surface area (Å²) in [5.41, 5.74) is 6.61. The van der Waals surface area contributed by atoms with Crippen molar-refractivity contribution < 1.29 is 49.0 Å². The predicted octanol–water partition coefficient (Wildman–Crippen LogP) is 6.94. The maximum absolute atomic E-state index is 14.8. The van der Waals surface area contributed by atoms with Crippen LogP contribution in [0, 0.1) is 55.3 Å². The number of aliphatic hydroxyl groups excluding tert-OH is 2. The van der Waals surface area contributed by atoms with Crippen LogP contribution in [0.2, 0.25) is 0 Å². The van der Waals surface area contributed by atoms with Crippen molar-refractivity contribution in [2.24, 2.45) is 57.1 Å². The fraction of sp³-hybridized carbons (Fsp3) is 0.596. The minimum atomic E-state index is -1.90. The molecule has 74 heavy (non-hydrogen) atoms. The number of aromatic hydroxyl groups is 2. The lowest BCUT2D eigenvalue weighted by Gasteiger charge is -2.36. The number of terminal acetylenes is 1. The number of esters is 1. The number of phenolic OH excluding ortho intramolecular Hbond substituents is 2. The standard InChI is InChI=1S/C54H77N7O9.C2H2.CH4O/c1-30(2)27-60-22-20-54(21-23-60)58-43-40-41-47(64)36(8)50-42(40)51(66)53(9,70-50)68-24-14-17-32(4)49(69-39(62)29-61(56)28-38(55)26-37-18-11-10-12-19-37)35(7)46(63)34(6)25-31(3)15-13-16-33(5)52(67)57-45(48(41)65)44(43)59-54;2*1-2/h13-16,24,28,30-32,34-35,37,46,49,63-65H,10-12,17-23,25-27,29,55-56H2,1-9H3,(H,57,67);1-2H;2H,1H3/b15-13+,24-14+,33-16-,38-28-;;/t31?,32-,34-,35-,46?,49?,53?;;/m1../s1. The number of nitrogens with one attached hydrogen (secondary N) is 1. The number of benzene rings is 2. The fourth-order valence-electron chi connectivity index (χ4n) is 11.2. The second-order valence-corrected chi connectivity index (χ2v) is 21.6.